The fourth-order valence-corrected chi connectivity index (χ4v) is 2.21. The number of aliphatic hydroxyl groups is 1. The lowest BCUT2D eigenvalue weighted by atomic mass is 10.1. The monoisotopic (exact) mass is 351 g/mol. The first kappa shape index (κ1) is 18.2. The zero-order valence-electron chi connectivity index (χ0n) is 13.4. The average Bonchev–Trinajstić information content (AvgIpc) is 2.56. The zero-order valence-corrected chi connectivity index (χ0v) is 14.2. The van der Waals surface area contributed by atoms with Gasteiger partial charge in [-0.05, 0) is 55.3 Å². The van der Waals surface area contributed by atoms with E-state index in [9.17, 15) is 14.3 Å². The van der Waals surface area contributed by atoms with Crippen molar-refractivity contribution in [3.8, 4) is 5.75 Å². The van der Waals surface area contributed by atoms with Gasteiger partial charge in [-0.15, -0.1) is 0 Å². The number of aryl methyl sites for hydroxylation is 1. The van der Waals surface area contributed by atoms with Crippen LogP contribution in [0.25, 0.3) is 0 Å². The standard InChI is InChI=1S/C18H19ClFNO3/c1-11-9-15(7-8-16(11)19)24-12(2)18(23)21-10-17(22)13-3-5-14(20)6-4-13/h3-9,12,17,22H,10H2,1-2H3,(H,21,23). The van der Waals surface area contributed by atoms with Gasteiger partial charge in [0.2, 0.25) is 0 Å². The van der Waals surface area contributed by atoms with Crippen molar-refractivity contribution in [1.29, 1.82) is 0 Å². The highest BCUT2D eigenvalue weighted by molar-refractivity contribution is 6.31. The molecule has 2 aromatic rings. The second kappa shape index (κ2) is 8.13. The van der Waals surface area contributed by atoms with E-state index in [1.54, 1.807) is 25.1 Å². The van der Waals surface area contributed by atoms with Gasteiger partial charge in [0.15, 0.2) is 6.10 Å². The molecular weight excluding hydrogens is 333 g/mol. The number of halogens is 2. The van der Waals surface area contributed by atoms with E-state index in [1.165, 1.54) is 24.3 Å². The van der Waals surface area contributed by atoms with E-state index in [1.807, 2.05) is 6.92 Å². The number of aliphatic hydroxyl groups excluding tert-OH is 1. The minimum Gasteiger partial charge on any atom is -0.481 e. The SMILES string of the molecule is Cc1cc(OC(C)C(=O)NCC(O)c2ccc(F)cc2)ccc1Cl. The Kier molecular flexibility index (Phi) is 6.17. The average molecular weight is 352 g/mol. The van der Waals surface area contributed by atoms with E-state index in [0.29, 0.717) is 16.3 Å². The molecule has 0 fully saturated rings. The molecule has 0 aliphatic carbocycles. The minimum atomic E-state index is -0.917. The Hall–Kier alpha value is -2.11. The summed E-state index contributed by atoms with van der Waals surface area (Å²) in [6, 6.07) is 10.6. The molecule has 2 rings (SSSR count). The Balaban J connectivity index is 1.86. The van der Waals surface area contributed by atoms with Crippen LogP contribution in [0.1, 0.15) is 24.2 Å². The Morgan fingerprint density at radius 1 is 1.29 bits per heavy atom. The van der Waals surface area contributed by atoms with E-state index in [4.69, 9.17) is 16.3 Å². The molecule has 0 aliphatic heterocycles. The molecular formula is C18H19ClFNO3. The van der Waals surface area contributed by atoms with Gasteiger partial charge in [0.1, 0.15) is 11.6 Å². The first-order valence-electron chi connectivity index (χ1n) is 7.51. The molecule has 1 amide bonds. The van der Waals surface area contributed by atoms with Crippen LogP contribution in [0.5, 0.6) is 5.75 Å². The van der Waals surface area contributed by atoms with Crippen LogP contribution in [-0.2, 0) is 4.79 Å². The maximum absolute atomic E-state index is 12.9. The van der Waals surface area contributed by atoms with Gasteiger partial charge in [0, 0.05) is 11.6 Å². The van der Waals surface area contributed by atoms with Crippen molar-refractivity contribution in [1.82, 2.24) is 5.32 Å². The van der Waals surface area contributed by atoms with E-state index < -0.39 is 12.2 Å². The normalized spacial score (nSPS) is 13.2. The van der Waals surface area contributed by atoms with Gasteiger partial charge in [0.05, 0.1) is 6.10 Å². The zero-order chi connectivity index (χ0) is 17.7. The van der Waals surface area contributed by atoms with Crippen molar-refractivity contribution in [2.24, 2.45) is 0 Å². The van der Waals surface area contributed by atoms with E-state index in [0.717, 1.165) is 5.56 Å². The number of hydrogen-bond donors (Lipinski definition) is 2. The number of benzene rings is 2. The summed E-state index contributed by atoms with van der Waals surface area (Å²) < 4.78 is 18.4. The first-order valence-corrected chi connectivity index (χ1v) is 7.88. The van der Waals surface area contributed by atoms with Crippen LogP contribution in [0.3, 0.4) is 0 Å². The van der Waals surface area contributed by atoms with Crippen LogP contribution in [-0.4, -0.2) is 23.7 Å². The maximum atomic E-state index is 12.9. The highest BCUT2D eigenvalue weighted by atomic mass is 35.5. The molecule has 2 atom stereocenters. The first-order chi connectivity index (χ1) is 11.4. The Bertz CT molecular complexity index is 706. The largest absolute Gasteiger partial charge is 0.481 e. The molecule has 128 valence electrons. The Morgan fingerprint density at radius 3 is 2.58 bits per heavy atom. The summed E-state index contributed by atoms with van der Waals surface area (Å²) in [5.41, 5.74) is 1.38. The third-order valence-electron chi connectivity index (χ3n) is 3.54. The van der Waals surface area contributed by atoms with Gasteiger partial charge in [-0.3, -0.25) is 4.79 Å². The molecule has 2 unspecified atom stereocenters. The number of carbonyl (C=O) groups is 1. The van der Waals surface area contributed by atoms with Crippen molar-refractivity contribution in [3.05, 3.63) is 64.4 Å². The van der Waals surface area contributed by atoms with Gasteiger partial charge in [-0.1, -0.05) is 23.7 Å². The van der Waals surface area contributed by atoms with E-state index >= 15 is 0 Å². The topological polar surface area (TPSA) is 58.6 Å². The second-order valence-corrected chi connectivity index (χ2v) is 5.89. The number of carbonyl (C=O) groups excluding carboxylic acids is 1. The number of rotatable bonds is 6. The van der Waals surface area contributed by atoms with Crippen molar-refractivity contribution in [2.45, 2.75) is 26.1 Å². The summed E-state index contributed by atoms with van der Waals surface area (Å²) in [6.45, 7) is 3.47. The van der Waals surface area contributed by atoms with Crippen LogP contribution in [0.15, 0.2) is 42.5 Å². The predicted octanol–water partition coefficient (Wildman–Crippen LogP) is 3.40. The van der Waals surface area contributed by atoms with Crippen LogP contribution in [0.4, 0.5) is 4.39 Å². The van der Waals surface area contributed by atoms with Crippen LogP contribution >= 0.6 is 11.6 Å². The quantitative estimate of drug-likeness (QED) is 0.838. The lowest BCUT2D eigenvalue weighted by Gasteiger charge is -2.17. The molecule has 0 aliphatic rings. The number of nitrogens with one attached hydrogen (secondary N) is 1. The predicted molar refractivity (Wildman–Crippen MR) is 90.6 cm³/mol. The molecule has 0 heterocycles. The molecule has 4 nitrogen and oxygen atoms in total. The molecule has 2 aromatic carbocycles. The third-order valence-corrected chi connectivity index (χ3v) is 3.96. The van der Waals surface area contributed by atoms with Gasteiger partial charge >= 0.3 is 0 Å². The lowest BCUT2D eigenvalue weighted by Crippen LogP contribution is -2.38. The molecule has 0 saturated heterocycles. The highest BCUT2D eigenvalue weighted by Gasteiger charge is 2.17. The maximum Gasteiger partial charge on any atom is 0.260 e. The van der Waals surface area contributed by atoms with Crippen molar-refractivity contribution in [3.63, 3.8) is 0 Å². The van der Waals surface area contributed by atoms with Crippen molar-refractivity contribution >= 4 is 17.5 Å². The highest BCUT2D eigenvalue weighted by Crippen LogP contribution is 2.22. The van der Waals surface area contributed by atoms with Crippen LogP contribution < -0.4 is 10.1 Å². The fraction of sp³-hybridized carbons (Fsp3) is 0.278. The van der Waals surface area contributed by atoms with Crippen molar-refractivity contribution in [2.75, 3.05) is 6.54 Å². The molecule has 0 saturated carbocycles. The smallest absolute Gasteiger partial charge is 0.260 e. The van der Waals surface area contributed by atoms with Crippen molar-refractivity contribution < 1.29 is 19.0 Å². The third kappa shape index (κ3) is 4.94. The fourth-order valence-electron chi connectivity index (χ4n) is 2.09. The summed E-state index contributed by atoms with van der Waals surface area (Å²) in [5, 5.41) is 13.2. The van der Waals surface area contributed by atoms with E-state index in [-0.39, 0.29) is 18.3 Å². The Labute approximate surface area is 145 Å². The molecule has 0 bridgehead atoms. The Morgan fingerprint density at radius 2 is 1.96 bits per heavy atom. The summed E-state index contributed by atoms with van der Waals surface area (Å²) in [5.74, 6) is -0.197. The van der Waals surface area contributed by atoms with Gasteiger partial charge < -0.3 is 15.2 Å². The van der Waals surface area contributed by atoms with Crippen LogP contribution in [0, 0.1) is 12.7 Å². The summed E-state index contributed by atoms with van der Waals surface area (Å²) in [4.78, 5) is 12.1. The van der Waals surface area contributed by atoms with Crippen LogP contribution in [0.2, 0.25) is 5.02 Å². The van der Waals surface area contributed by atoms with Gasteiger partial charge in [-0.2, -0.15) is 0 Å². The van der Waals surface area contributed by atoms with Gasteiger partial charge in [-0.25, -0.2) is 4.39 Å². The van der Waals surface area contributed by atoms with E-state index in [2.05, 4.69) is 5.32 Å². The lowest BCUT2D eigenvalue weighted by molar-refractivity contribution is -0.127. The molecule has 2 N–H and O–H groups in total. The summed E-state index contributed by atoms with van der Waals surface area (Å²) >= 11 is 5.95. The second-order valence-electron chi connectivity index (χ2n) is 5.48. The summed E-state index contributed by atoms with van der Waals surface area (Å²) in [7, 11) is 0. The summed E-state index contributed by atoms with van der Waals surface area (Å²) in [6.07, 6.45) is -1.65. The number of hydrogen-bond acceptors (Lipinski definition) is 3. The molecule has 0 radical (unpaired) electrons. The number of ether oxygens (including phenoxy) is 1. The molecule has 6 heteroatoms. The number of amides is 1. The molecule has 0 aromatic heterocycles. The molecule has 0 spiro atoms. The van der Waals surface area contributed by atoms with Gasteiger partial charge in [0.25, 0.3) is 5.91 Å². The molecule has 24 heavy (non-hydrogen) atoms. The minimum absolute atomic E-state index is 0.0117.